The van der Waals surface area contributed by atoms with E-state index in [0.717, 1.165) is 18.7 Å². The minimum Gasteiger partial charge on any atom is -0.481 e. The van der Waals surface area contributed by atoms with E-state index < -0.39 is 5.97 Å². The Morgan fingerprint density at radius 2 is 2.29 bits per heavy atom. The predicted molar refractivity (Wildman–Crippen MR) is 66.9 cm³/mol. The van der Waals surface area contributed by atoms with E-state index in [1.807, 2.05) is 25.2 Å². The molecule has 1 rings (SSSR count). The Morgan fingerprint density at radius 1 is 1.53 bits per heavy atom. The molecule has 1 heterocycles. The van der Waals surface area contributed by atoms with Crippen molar-refractivity contribution < 1.29 is 9.90 Å². The summed E-state index contributed by atoms with van der Waals surface area (Å²) in [6.07, 6.45) is 3.61. The van der Waals surface area contributed by atoms with E-state index in [-0.39, 0.29) is 12.5 Å². The molecule has 0 aliphatic carbocycles. The Labute approximate surface area is 102 Å². The van der Waals surface area contributed by atoms with Gasteiger partial charge in [0.05, 0.1) is 0 Å². The summed E-state index contributed by atoms with van der Waals surface area (Å²) in [6, 6.07) is 6.18. The number of aromatic nitrogens is 1. The molecule has 0 amide bonds. The quantitative estimate of drug-likeness (QED) is 0.784. The van der Waals surface area contributed by atoms with Crippen LogP contribution in [0, 0.1) is 0 Å². The Kier molecular flexibility index (Phi) is 5.63. The summed E-state index contributed by atoms with van der Waals surface area (Å²) in [7, 11) is 2.02. The van der Waals surface area contributed by atoms with E-state index in [4.69, 9.17) is 5.11 Å². The van der Waals surface area contributed by atoms with Gasteiger partial charge in [-0.1, -0.05) is 6.07 Å². The highest BCUT2D eigenvalue weighted by atomic mass is 16.4. The number of carboxylic acid groups (broad SMARTS) is 1. The molecule has 0 spiro atoms. The number of carboxylic acids is 1. The van der Waals surface area contributed by atoms with Crippen molar-refractivity contribution in [2.45, 2.75) is 32.2 Å². The maximum Gasteiger partial charge on any atom is 0.303 e. The van der Waals surface area contributed by atoms with Gasteiger partial charge in [0.15, 0.2) is 0 Å². The molecule has 4 nitrogen and oxygen atoms in total. The zero-order valence-corrected chi connectivity index (χ0v) is 10.5. The van der Waals surface area contributed by atoms with Crippen LogP contribution in [0.4, 0.5) is 0 Å². The van der Waals surface area contributed by atoms with Gasteiger partial charge in [0.25, 0.3) is 0 Å². The average Bonchev–Trinajstić information content (AvgIpc) is 2.34. The Morgan fingerprint density at radius 3 is 2.88 bits per heavy atom. The van der Waals surface area contributed by atoms with Crippen molar-refractivity contribution in [3.8, 4) is 0 Å². The highest BCUT2D eigenvalue weighted by Crippen LogP contribution is 2.06. The number of aliphatic carboxylic acids is 1. The summed E-state index contributed by atoms with van der Waals surface area (Å²) < 4.78 is 0. The highest BCUT2D eigenvalue weighted by molar-refractivity contribution is 5.66. The Hall–Kier alpha value is -1.42. The third kappa shape index (κ3) is 5.45. The molecule has 1 aromatic heterocycles. The zero-order chi connectivity index (χ0) is 12.7. The number of carbonyl (C=O) groups is 1. The van der Waals surface area contributed by atoms with Crippen molar-refractivity contribution in [2.75, 3.05) is 13.6 Å². The second-order valence-corrected chi connectivity index (χ2v) is 4.33. The van der Waals surface area contributed by atoms with Crippen molar-refractivity contribution >= 4 is 5.97 Å². The number of likely N-dealkylation sites (N-methyl/N-ethyl adjacent to an activating group) is 1. The van der Waals surface area contributed by atoms with Gasteiger partial charge in [0.1, 0.15) is 0 Å². The molecular formula is C13H20N2O2. The molecule has 1 N–H and O–H groups in total. The van der Waals surface area contributed by atoms with Crippen LogP contribution in [0.5, 0.6) is 0 Å². The van der Waals surface area contributed by atoms with Crippen LogP contribution < -0.4 is 0 Å². The first-order valence-electron chi connectivity index (χ1n) is 5.91. The van der Waals surface area contributed by atoms with E-state index in [2.05, 4.69) is 16.8 Å². The van der Waals surface area contributed by atoms with Crippen molar-refractivity contribution in [3.05, 3.63) is 30.1 Å². The summed E-state index contributed by atoms with van der Waals surface area (Å²) in [6.45, 7) is 2.96. The molecule has 0 fully saturated rings. The summed E-state index contributed by atoms with van der Waals surface area (Å²) >= 11 is 0. The third-order valence-electron chi connectivity index (χ3n) is 2.98. The lowest BCUT2D eigenvalue weighted by molar-refractivity contribution is -0.137. The first-order chi connectivity index (χ1) is 8.09. The maximum atomic E-state index is 10.5. The monoisotopic (exact) mass is 236 g/mol. The molecule has 0 aliphatic rings. The van der Waals surface area contributed by atoms with Gasteiger partial charge in [0, 0.05) is 37.3 Å². The van der Waals surface area contributed by atoms with Crippen LogP contribution in [0.15, 0.2) is 24.4 Å². The summed E-state index contributed by atoms with van der Waals surface area (Å²) in [5.41, 5.74) is 1.07. The van der Waals surface area contributed by atoms with Crippen LogP contribution in [0.25, 0.3) is 0 Å². The van der Waals surface area contributed by atoms with Crippen LogP contribution in [-0.2, 0) is 11.2 Å². The number of pyridine rings is 1. The van der Waals surface area contributed by atoms with E-state index in [1.165, 1.54) is 0 Å². The van der Waals surface area contributed by atoms with Crippen LogP contribution in [-0.4, -0.2) is 40.6 Å². The molecule has 17 heavy (non-hydrogen) atoms. The molecule has 1 atom stereocenters. The molecule has 0 aliphatic heterocycles. The van der Waals surface area contributed by atoms with Crippen LogP contribution in [0.3, 0.4) is 0 Å². The van der Waals surface area contributed by atoms with Crippen molar-refractivity contribution in [3.63, 3.8) is 0 Å². The van der Waals surface area contributed by atoms with Gasteiger partial charge in [-0.3, -0.25) is 9.78 Å². The summed E-state index contributed by atoms with van der Waals surface area (Å²) in [5, 5.41) is 8.62. The van der Waals surface area contributed by atoms with E-state index >= 15 is 0 Å². The van der Waals surface area contributed by atoms with Gasteiger partial charge in [-0.15, -0.1) is 0 Å². The maximum absolute atomic E-state index is 10.5. The largest absolute Gasteiger partial charge is 0.481 e. The number of hydrogen-bond acceptors (Lipinski definition) is 3. The van der Waals surface area contributed by atoms with Crippen LogP contribution >= 0.6 is 0 Å². The molecule has 1 aromatic rings. The standard InChI is InChI=1S/C13H20N2O2/c1-11(6-7-13(16)17)15(2)10-8-12-5-3-4-9-14-12/h3-5,9,11H,6-8,10H2,1-2H3,(H,16,17). The van der Waals surface area contributed by atoms with Crippen molar-refractivity contribution in [2.24, 2.45) is 0 Å². The SMILES string of the molecule is CC(CCC(=O)O)N(C)CCc1ccccn1. The lowest BCUT2D eigenvalue weighted by Gasteiger charge is -2.23. The van der Waals surface area contributed by atoms with Crippen LogP contribution in [0.2, 0.25) is 0 Å². The highest BCUT2D eigenvalue weighted by Gasteiger charge is 2.10. The first kappa shape index (κ1) is 13.6. The minimum atomic E-state index is -0.727. The van der Waals surface area contributed by atoms with Gasteiger partial charge in [-0.05, 0) is 32.5 Å². The summed E-state index contributed by atoms with van der Waals surface area (Å²) in [4.78, 5) is 16.9. The zero-order valence-electron chi connectivity index (χ0n) is 10.5. The van der Waals surface area contributed by atoms with Gasteiger partial charge in [0.2, 0.25) is 0 Å². The minimum absolute atomic E-state index is 0.231. The molecule has 4 heteroatoms. The van der Waals surface area contributed by atoms with Crippen molar-refractivity contribution in [1.82, 2.24) is 9.88 Å². The molecule has 94 valence electrons. The van der Waals surface area contributed by atoms with Crippen molar-refractivity contribution in [1.29, 1.82) is 0 Å². The van der Waals surface area contributed by atoms with E-state index in [9.17, 15) is 4.79 Å². The van der Waals surface area contributed by atoms with Gasteiger partial charge < -0.3 is 10.0 Å². The van der Waals surface area contributed by atoms with E-state index in [0.29, 0.717) is 6.42 Å². The molecule has 1 unspecified atom stereocenters. The fourth-order valence-electron chi connectivity index (χ4n) is 1.61. The molecule has 0 saturated carbocycles. The fourth-order valence-corrected chi connectivity index (χ4v) is 1.61. The Bertz CT molecular complexity index is 341. The smallest absolute Gasteiger partial charge is 0.303 e. The van der Waals surface area contributed by atoms with Gasteiger partial charge in [-0.25, -0.2) is 0 Å². The molecular weight excluding hydrogens is 216 g/mol. The fraction of sp³-hybridized carbons (Fsp3) is 0.538. The van der Waals surface area contributed by atoms with Gasteiger partial charge in [-0.2, -0.15) is 0 Å². The number of hydrogen-bond donors (Lipinski definition) is 1. The molecule has 0 saturated heterocycles. The lowest BCUT2D eigenvalue weighted by Crippen LogP contribution is -2.31. The topological polar surface area (TPSA) is 53.4 Å². The predicted octanol–water partition coefficient (Wildman–Crippen LogP) is 1.81. The lowest BCUT2D eigenvalue weighted by atomic mass is 10.1. The summed E-state index contributed by atoms with van der Waals surface area (Å²) in [5.74, 6) is -0.727. The second kappa shape index (κ2) is 7.01. The van der Waals surface area contributed by atoms with Gasteiger partial charge >= 0.3 is 5.97 Å². The number of nitrogens with zero attached hydrogens (tertiary/aromatic N) is 2. The third-order valence-corrected chi connectivity index (χ3v) is 2.98. The Balaban J connectivity index is 2.29. The second-order valence-electron chi connectivity index (χ2n) is 4.33. The first-order valence-corrected chi connectivity index (χ1v) is 5.91. The average molecular weight is 236 g/mol. The van der Waals surface area contributed by atoms with Crippen LogP contribution in [0.1, 0.15) is 25.5 Å². The molecule has 0 bridgehead atoms. The molecule has 0 radical (unpaired) electrons. The normalized spacial score (nSPS) is 12.6. The number of rotatable bonds is 7. The van der Waals surface area contributed by atoms with E-state index in [1.54, 1.807) is 6.20 Å². The molecule has 0 aromatic carbocycles.